The second kappa shape index (κ2) is 5.72. The summed E-state index contributed by atoms with van der Waals surface area (Å²) in [5.74, 6) is 0. The first-order chi connectivity index (χ1) is 6.61. The Labute approximate surface area is 95.0 Å². The minimum Gasteiger partial charge on any atom is -0.593 e. The molecule has 0 spiro atoms. The smallest absolute Gasteiger partial charge is 0.188 e. The summed E-state index contributed by atoms with van der Waals surface area (Å²) in [6.45, 7) is 1.96. The molecule has 5 heteroatoms. The average molecular weight is 278 g/mol. The molecule has 0 heterocycles. The Morgan fingerprint density at radius 2 is 2.21 bits per heavy atom. The van der Waals surface area contributed by atoms with Gasteiger partial charge in [-0.15, -0.1) is 4.72 Å². The van der Waals surface area contributed by atoms with E-state index in [1.165, 1.54) is 0 Å². The summed E-state index contributed by atoms with van der Waals surface area (Å²) in [7, 11) is 0. The highest BCUT2D eigenvalue weighted by Gasteiger charge is 2.14. The maximum absolute atomic E-state index is 11.6. The molecule has 1 aromatic carbocycles. The van der Waals surface area contributed by atoms with E-state index in [1.807, 2.05) is 18.2 Å². The number of aliphatic hydroxyl groups excluding tert-OH is 1. The van der Waals surface area contributed by atoms with Crippen LogP contribution in [0.1, 0.15) is 6.92 Å². The molecule has 3 nitrogen and oxygen atoms in total. The molecule has 0 saturated heterocycles. The van der Waals surface area contributed by atoms with Crippen molar-refractivity contribution in [3.8, 4) is 0 Å². The van der Waals surface area contributed by atoms with Crippen molar-refractivity contribution in [2.24, 2.45) is 0 Å². The van der Waals surface area contributed by atoms with E-state index in [1.54, 1.807) is 13.0 Å². The molecule has 2 N–H and O–H groups in total. The van der Waals surface area contributed by atoms with Crippen molar-refractivity contribution >= 4 is 27.3 Å². The monoisotopic (exact) mass is 277 g/mol. The number of hydrogen-bond donors (Lipinski definition) is 2. The van der Waals surface area contributed by atoms with E-state index in [4.69, 9.17) is 5.11 Å². The van der Waals surface area contributed by atoms with Crippen molar-refractivity contribution in [2.75, 3.05) is 6.54 Å². The van der Waals surface area contributed by atoms with E-state index in [2.05, 4.69) is 20.7 Å². The van der Waals surface area contributed by atoms with Gasteiger partial charge in [0.05, 0.1) is 28.5 Å². The molecule has 14 heavy (non-hydrogen) atoms. The molecule has 0 fully saturated rings. The predicted octanol–water partition coefficient (Wildman–Crippen LogP) is 1.44. The summed E-state index contributed by atoms with van der Waals surface area (Å²) in [4.78, 5) is 0.688. The summed E-state index contributed by atoms with van der Waals surface area (Å²) < 4.78 is 15.2. The Kier molecular flexibility index (Phi) is 4.91. The third-order valence-corrected chi connectivity index (χ3v) is 3.68. The van der Waals surface area contributed by atoms with Crippen LogP contribution in [0.5, 0.6) is 0 Å². The van der Waals surface area contributed by atoms with Crippen LogP contribution in [0.25, 0.3) is 0 Å². The molecule has 0 bridgehead atoms. The van der Waals surface area contributed by atoms with Crippen LogP contribution in [0.3, 0.4) is 0 Å². The van der Waals surface area contributed by atoms with E-state index in [0.29, 0.717) is 11.4 Å². The number of hydrogen-bond acceptors (Lipinski definition) is 3. The molecule has 0 saturated carbocycles. The Morgan fingerprint density at radius 1 is 1.57 bits per heavy atom. The van der Waals surface area contributed by atoms with Crippen LogP contribution in [0, 0.1) is 0 Å². The van der Waals surface area contributed by atoms with Gasteiger partial charge in [-0.05, 0) is 35.0 Å². The minimum absolute atomic E-state index is 0.313. The van der Waals surface area contributed by atoms with E-state index in [9.17, 15) is 4.55 Å². The van der Waals surface area contributed by atoms with Gasteiger partial charge in [0.2, 0.25) is 0 Å². The third kappa shape index (κ3) is 3.59. The topological polar surface area (TPSA) is 55.3 Å². The quantitative estimate of drug-likeness (QED) is 0.819. The van der Waals surface area contributed by atoms with Gasteiger partial charge in [0, 0.05) is 0 Å². The lowest BCUT2D eigenvalue weighted by Crippen LogP contribution is -2.30. The van der Waals surface area contributed by atoms with Gasteiger partial charge in [-0.1, -0.05) is 12.1 Å². The van der Waals surface area contributed by atoms with Crippen LogP contribution < -0.4 is 4.72 Å². The highest BCUT2D eigenvalue weighted by atomic mass is 79.9. The number of halogens is 1. The van der Waals surface area contributed by atoms with Crippen molar-refractivity contribution in [2.45, 2.75) is 17.9 Å². The second-order valence-electron chi connectivity index (χ2n) is 2.90. The molecule has 0 aliphatic carbocycles. The van der Waals surface area contributed by atoms with Crippen LogP contribution in [0.2, 0.25) is 0 Å². The van der Waals surface area contributed by atoms with Gasteiger partial charge in [-0.25, -0.2) is 0 Å². The molecule has 0 radical (unpaired) electrons. The summed E-state index contributed by atoms with van der Waals surface area (Å²) in [6, 6.07) is 7.29. The zero-order valence-electron chi connectivity index (χ0n) is 7.74. The van der Waals surface area contributed by atoms with Gasteiger partial charge < -0.3 is 9.66 Å². The van der Waals surface area contributed by atoms with Crippen molar-refractivity contribution in [1.29, 1.82) is 0 Å². The third-order valence-electron chi connectivity index (χ3n) is 1.55. The van der Waals surface area contributed by atoms with Crippen molar-refractivity contribution < 1.29 is 9.66 Å². The van der Waals surface area contributed by atoms with Gasteiger partial charge in [0.15, 0.2) is 4.90 Å². The zero-order chi connectivity index (χ0) is 10.6. The summed E-state index contributed by atoms with van der Waals surface area (Å²) in [5.41, 5.74) is 0. The lowest BCUT2D eigenvalue weighted by molar-refractivity contribution is 0.198. The summed E-state index contributed by atoms with van der Waals surface area (Å²) in [5, 5.41) is 9.01. The normalized spacial score (nSPS) is 15.1. The molecule has 1 aromatic rings. The van der Waals surface area contributed by atoms with Crippen molar-refractivity contribution in [3.05, 3.63) is 28.7 Å². The standard InChI is InChI=1S/C9H12BrNO2S/c1-7(12)6-11-14(13)9-5-3-2-4-8(9)10/h2-5,7,11-12H,6H2,1H3. The lowest BCUT2D eigenvalue weighted by atomic mass is 10.4. The maximum atomic E-state index is 11.6. The number of rotatable bonds is 4. The molecule has 0 aromatic heterocycles. The highest BCUT2D eigenvalue weighted by molar-refractivity contribution is 9.10. The maximum Gasteiger partial charge on any atom is 0.188 e. The highest BCUT2D eigenvalue weighted by Crippen LogP contribution is 2.20. The first-order valence-electron chi connectivity index (χ1n) is 4.19. The predicted molar refractivity (Wildman–Crippen MR) is 60.2 cm³/mol. The largest absolute Gasteiger partial charge is 0.593 e. The first kappa shape index (κ1) is 12.0. The Bertz CT molecular complexity index is 296. The molecule has 78 valence electrons. The van der Waals surface area contributed by atoms with Crippen molar-refractivity contribution in [1.82, 2.24) is 4.72 Å². The summed E-state index contributed by atoms with van der Waals surface area (Å²) in [6.07, 6.45) is -0.499. The Hall–Kier alpha value is -0.0700. The van der Waals surface area contributed by atoms with E-state index in [-0.39, 0.29) is 0 Å². The Morgan fingerprint density at radius 3 is 2.79 bits per heavy atom. The SMILES string of the molecule is CC(O)CN[S+]([O-])c1ccccc1Br. The van der Waals surface area contributed by atoms with Crippen molar-refractivity contribution in [3.63, 3.8) is 0 Å². The van der Waals surface area contributed by atoms with E-state index >= 15 is 0 Å². The van der Waals surface area contributed by atoms with Gasteiger partial charge in [-0.2, -0.15) is 0 Å². The molecular formula is C9H12BrNO2S. The number of nitrogens with one attached hydrogen (secondary N) is 1. The summed E-state index contributed by atoms with van der Waals surface area (Å²) >= 11 is 2.04. The molecule has 0 aliphatic heterocycles. The van der Waals surface area contributed by atoms with Crippen LogP contribution in [-0.4, -0.2) is 22.3 Å². The molecular weight excluding hydrogens is 266 g/mol. The fourth-order valence-corrected chi connectivity index (χ4v) is 2.59. The van der Waals surface area contributed by atoms with Gasteiger partial charge in [0.1, 0.15) is 0 Å². The number of benzene rings is 1. The minimum atomic E-state index is -1.27. The number of aliphatic hydroxyl groups is 1. The average Bonchev–Trinajstić information content (AvgIpc) is 2.15. The fourth-order valence-electron chi connectivity index (χ4n) is 0.869. The van der Waals surface area contributed by atoms with Gasteiger partial charge >= 0.3 is 0 Å². The molecule has 0 amide bonds. The lowest BCUT2D eigenvalue weighted by Gasteiger charge is -2.12. The fraction of sp³-hybridized carbons (Fsp3) is 0.333. The van der Waals surface area contributed by atoms with Gasteiger partial charge in [0.25, 0.3) is 0 Å². The van der Waals surface area contributed by atoms with Crippen LogP contribution >= 0.6 is 15.9 Å². The zero-order valence-corrected chi connectivity index (χ0v) is 10.1. The Balaban J connectivity index is 2.60. The van der Waals surface area contributed by atoms with E-state index in [0.717, 1.165) is 4.47 Å². The van der Waals surface area contributed by atoms with Crippen LogP contribution in [-0.2, 0) is 11.4 Å². The van der Waals surface area contributed by atoms with Gasteiger partial charge in [-0.3, -0.25) is 0 Å². The van der Waals surface area contributed by atoms with Crippen LogP contribution in [0.4, 0.5) is 0 Å². The first-order valence-corrected chi connectivity index (χ1v) is 6.13. The molecule has 2 unspecified atom stereocenters. The molecule has 0 aliphatic rings. The second-order valence-corrected chi connectivity index (χ2v) is 5.02. The molecule has 1 rings (SSSR count). The van der Waals surface area contributed by atoms with Crippen LogP contribution in [0.15, 0.2) is 33.6 Å². The van der Waals surface area contributed by atoms with E-state index < -0.39 is 17.5 Å². The molecule has 2 atom stereocenters.